The summed E-state index contributed by atoms with van der Waals surface area (Å²) < 4.78 is 0. The molecular weight excluding hydrogens is 1050 g/mol. The number of anilines is 11. The van der Waals surface area contributed by atoms with E-state index >= 15 is 0 Å². The molecule has 9 aromatic carbocycles. The number of hydrogen-bond acceptors (Lipinski definition) is 4. The molecule has 2 atom stereocenters. The monoisotopic (exact) mass is 1140 g/mol. The molecule has 0 aromatic heterocycles. The van der Waals surface area contributed by atoms with Crippen LogP contribution in [0, 0.1) is 0 Å². The van der Waals surface area contributed by atoms with Gasteiger partial charge in [0.25, 0.3) is 6.71 Å². The summed E-state index contributed by atoms with van der Waals surface area (Å²) in [6.07, 6.45) is 9.23. The Morgan fingerprint density at radius 2 is 0.931 bits per heavy atom. The fourth-order valence-corrected chi connectivity index (χ4v) is 17.3. The van der Waals surface area contributed by atoms with E-state index in [1.165, 1.54) is 131 Å². The van der Waals surface area contributed by atoms with E-state index in [0.29, 0.717) is 0 Å². The molecule has 0 spiro atoms. The summed E-state index contributed by atoms with van der Waals surface area (Å²) in [6, 6.07) is 75.9. The predicted molar refractivity (Wildman–Crippen MR) is 373 cm³/mol. The molecule has 0 amide bonds. The second kappa shape index (κ2) is 19.4. The number of nitrogens with zero attached hydrogens (tertiary/aromatic N) is 4. The van der Waals surface area contributed by atoms with Crippen molar-refractivity contribution in [2.45, 2.75) is 179 Å². The van der Waals surface area contributed by atoms with Gasteiger partial charge in [-0.1, -0.05) is 199 Å². The molecule has 87 heavy (non-hydrogen) atoms. The van der Waals surface area contributed by atoms with E-state index in [9.17, 15) is 0 Å². The SMILES string of the molecule is CC(C)(C)c1ccc(N2c3ccccc3B3c4cc5c(cc4N(c4ccc6c(c4)C(C)(C)CCC6(C)C)c4cc(N6c7ccc(N(c8ccccc8)c8ccccc8)cc7C7(C)CCCCC67C)cc2c43)C(C)(C)CCC5(C)C)c(-c2ccccc2)c1. The van der Waals surface area contributed by atoms with Crippen LogP contribution in [-0.4, -0.2) is 12.3 Å². The van der Waals surface area contributed by atoms with Crippen molar-refractivity contribution in [2.75, 3.05) is 19.6 Å². The molecule has 3 aliphatic heterocycles. The van der Waals surface area contributed by atoms with E-state index in [1.54, 1.807) is 0 Å². The van der Waals surface area contributed by atoms with Crippen molar-refractivity contribution < 1.29 is 0 Å². The average molecular weight is 1140 g/mol. The van der Waals surface area contributed by atoms with E-state index in [0.717, 1.165) is 43.5 Å². The predicted octanol–water partition coefficient (Wildman–Crippen LogP) is 20.6. The van der Waals surface area contributed by atoms with Crippen LogP contribution in [0.25, 0.3) is 11.1 Å². The van der Waals surface area contributed by atoms with Crippen LogP contribution in [0.1, 0.15) is 175 Å². The molecule has 6 aliphatic rings. The minimum Gasteiger partial charge on any atom is -0.334 e. The Kier molecular flexibility index (Phi) is 12.4. The van der Waals surface area contributed by atoms with Gasteiger partial charge in [-0.05, 0) is 219 Å². The molecule has 3 heterocycles. The molecule has 438 valence electrons. The van der Waals surface area contributed by atoms with Crippen molar-refractivity contribution in [1.82, 2.24) is 0 Å². The van der Waals surface area contributed by atoms with Gasteiger partial charge in [0, 0.05) is 67.9 Å². The topological polar surface area (TPSA) is 13.0 Å². The van der Waals surface area contributed by atoms with Crippen LogP contribution < -0.4 is 36.0 Å². The zero-order chi connectivity index (χ0) is 60.4. The second-order valence-electron chi connectivity index (χ2n) is 31.0. The van der Waals surface area contributed by atoms with E-state index in [4.69, 9.17) is 0 Å². The summed E-state index contributed by atoms with van der Waals surface area (Å²) in [5.74, 6) is 0. The van der Waals surface area contributed by atoms with Crippen LogP contribution in [0.5, 0.6) is 0 Å². The summed E-state index contributed by atoms with van der Waals surface area (Å²) in [5.41, 5.74) is 28.6. The maximum absolute atomic E-state index is 2.86. The molecule has 1 saturated carbocycles. The van der Waals surface area contributed by atoms with Gasteiger partial charge < -0.3 is 19.6 Å². The Bertz CT molecular complexity index is 4190. The zero-order valence-electron chi connectivity index (χ0n) is 54.0. The molecule has 5 heteroatoms. The van der Waals surface area contributed by atoms with Crippen LogP contribution in [0.3, 0.4) is 0 Å². The van der Waals surface area contributed by atoms with E-state index < -0.39 is 0 Å². The summed E-state index contributed by atoms with van der Waals surface area (Å²) >= 11 is 0. The molecule has 0 bridgehead atoms. The summed E-state index contributed by atoms with van der Waals surface area (Å²) in [7, 11) is 0. The molecule has 3 aliphatic carbocycles. The maximum Gasteiger partial charge on any atom is 0.252 e. The first kappa shape index (κ1) is 55.8. The third-order valence-corrected chi connectivity index (χ3v) is 22.8. The molecule has 0 radical (unpaired) electrons. The van der Waals surface area contributed by atoms with Crippen LogP contribution in [0.4, 0.5) is 62.6 Å². The largest absolute Gasteiger partial charge is 0.334 e. The molecule has 1 fully saturated rings. The first-order valence-corrected chi connectivity index (χ1v) is 32.8. The number of rotatable bonds is 7. The van der Waals surface area contributed by atoms with Crippen molar-refractivity contribution in [3.8, 4) is 11.1 Å². The third kappa shape index (κ3) is 8.43. The molecule has 0 saturated heterocycles. The highest BCUT2D eigenvalue weighted by Crippen LogP contribution is 2.63. The zero-order valence-corrected chi connectivity index (χ0v) is 54.0. The Balaban J connectivity index is 1.06. The van der Waals surface area contributed by atoms with Gasteiger partial charge in [-0.3, -0.25) is 0 Å². The molecule has 2 unspecified atom stereocenters. The van der Waals surface area contributed by atoms with Crippen molar-refractivity contribution in [3.05, 3.63) is 228 Å². The normalized spacial score (nSPS) is 21.4. The second-order valence-corrected chi connectivity index (χ2v) is 31.0. The Hall–Kier alpha value is -7.76. The number of hydrogen-bond donors (Lipinski definition) is 0. The molecular formula is C82H87BN4. The summed E-state index contributed by atoms with van der Waals surface area (Å²) in [5, 5.41) is 0. The van der Waals surface area contributed by atoms with Crippen molar-refractivity contribution >= 4 is 85.7 Å². The Morgan fingerprint density at radius 1 is 0.379 bits per heavy atom. The van der Waals surface area contributed by atoms with Gasteiger partial charge in [-0.2, -0.15) is 0 Å². The fraction of sp³-hybridized carbons (Fsp3) is 0.341. The van der Waals surface area contributed by atoms with E-state index in [2.05, 4.69) is 304 Å². The van der Waals surface area contributed by atoms with Crippen LogP contribution >= 0.6 is 0 Å². The standard InChI is InChI=1S/C82H87BN4/c1-76(2,3)55-35-39-69(61(47-55)54-27-17-14-18-28-54)86-71-34-24-23-33-67(71)83-68-52-64-65(80(10,11)46-45-79(64,8)9)53-72(68)85(59-36-38-62-63(48-59)78(6,7)44-43-77(62,4)5)73-50-60(51-74(86)75(73)83)87-70-40-37-58(49-66(70)81(12)41-25-26-42-82(81,87)13)84(56-29-19-15-20-30-56)57-31-21-16-22-32-57/h14-24,27-40,47-53H,25-26,41-46H2,1-13H3. The lowest BCUT2D eigenvalue weighted by Crippen LogP contribution is -2.62. The molecule has 9 aromatic rings. The number of para-hydroxylation sites is 3. The van der Waals surface area contributed by atoms with Crippen LogP contribution in [0.2, 0.25) is 0 Å². The maximum atomic E-state index is 2.86. The minimum absolute atomic E-state index is 0.00375. The smallest absolute Gasteiger partial charge is 0.252 e. The third-order valence-electron chi connectivity index (χ3n) is 22.8. The van der Waals surface area contributed by atoms with Gasteiger partial charge in [0.1, 0.15) is 0 Å². The lowest BCUT2D eigenvalue weighted by Gasteiger charge is -2.51. The molecule has 0 N–H and O–H groups in total. The fourth-order valence-electron chi connectivity index (χ4n) is 17.3. The van der Waals surface area contributed by atoms with Crippen LogP contribution in [-0.2, 0) is 32.5 Å². The van der Waals surface area contributed by atoms with Gasteiger partial charge in [-0.15, -0.1) is 0 Å². The number of fused-ring (bicyclic) bond motifs is 9. The Labute approximate surface area is 520 Å². The van der Waals surface area contributed by atoms with Crippen molar-refractivity contribution in [2.24, 2.45) is 0 Å². The van der Waals surface area contributed by atoms with Crippen molar-refractivity contribution in [3.63, 3.8) is 0 Å². The van der Waals surface area contributed by atoms with E-state index in [-0.39, 0.29) is 44.7 Å². The van der Waals surface area contributed by atoms with Crippen molar-refractivity contribution in [1.29, 1.82) is 0 Å². The highest BCUT2D eigenvalue weighted by atomic mass is 15.3. The van der Waals surface area contributed by atoms with Gasteiger partial charge in [0.2, 0.25) is 0 Å². The Morgan fingerprint density at radius 3 is 1.57 bits per heavy atom. The van der Waals surface area contributed by atoms with Gasteiger partial charge >= 0.3 is 0 Å². The molecule has 15 rings (SSSR count). The highest BCUT2D eigenvalue weighted by Gasteiger charge is 2.59. The minimum atomic E-state index is -0.245. The molecule has 4 nitrogen and oxygen atoms in total. The lowest BCUT2D eigenvalue weighted by molar-refractivity contribution is 0.195. The average Bonchev–Trinajstić information content (AvgIpc) is 1.66. The lowest BCUT2D eigenvalue weighted by atomic mass is 9.33. The first-order valence-electron chi connectivity index (χ1n) is 32.8. The van der Waals surface area contributed by atoms with Gasteiger partial charge in [0.15, 0.2) is 0 Å². The number of benzene rings is 9. The summed E-state index contributed by atoms with van der Waals surface area (Å²) in [4.78, 5) is 10.8. The van der Waals surface area contributed by atoms with Gasteiger partial charge in [0.05, 0.1) is 11.2 Å². The van der Waals surface area contributed by atoms with E-state index in [1.807, 2.05) is 0 Å². The first-order chi connectivity index (χ1) is 41.5. The highest BCUT2D eigenvalue weighted by molar-refractivity contribution is 7.00. The quantitative estimate of drug-likeness (QED) is 0.147. The van der Waals surface area contributed by atoms with Crippen LogP contribution in [0.15, 0.2) is 194 Å². The summed E-state index contributed by atoms with van der Waals surface area (Å²) in [6.45, 7) is 32.2. The van der Waals surface area contributed by atoms with Gasteiger partial charge in [-0.25, -0.2) is 0 Å².